The summed E-state index contributed by atoms with van der Waals surface area (Å²) in [5.41, 5.74) is 1.72. The van der Waals surface area contributed by atoms with E-state index >= 15 is 0 Å². The number of benzene rings is 2. The van der Waals surface area contributed by atoms with Gasteiger partial charge in [0.05, 0.1) is 20.3 Å². The van der Waals surface area contributed by atoms with E-state index in [0.29, 0.717) is 5.75 Å². The van der Waals surface area contributed by atoms with Crippen LogP contribution in [-0.4, -0.2) is 61.5 Å². The molecule has 0 aromatic heterocycles. The van der Waals surface area contributed by atoms with Crippen molar-refractivity contribution in [1.29, 1.82) is 0 Å². The van der Waals surface area contributed by atoms with Gasteiger partial charge in [-0.05, 0) is 23.3 Å². The molecule has 34 heavy (non-hydrogen) atoms. The SMILES string of the molecule is COc1ccc(CO[C@@H]2[C@@H](OCc3ccccc3)[C@H](O)O[C@H](COC(C)=O)[C@@H]2OC(C)=O)cc1. The fourth-order valence-electron chi connectivity index (χ4n) is 3.61. The van der Waals surface area contributed by atoms with E-state index in [-0.39, 0.29) is 19.8 Å². The highest BCUT2D eigenvalue weighted by atomic mass is 16.7. The Morgan fingerprint density at radius 2 is 1.47 bits per heavy atom. The van der Waals surface area contributed by atoms with E-state index in [9.17, 15) is 14.7 Å². The summed E-state index contributed by atoms with van der Waals surface area (Å²) in [5, 5.41) is 10.7. The van der Waals surface area contributed by atoms with Crippen molar-refractivity contribution in [2.24, 2.45) is 0 Å². The van der Waals surface area contributed by atoms with Gasteiger partial charge in [-0.25, -0.2) is 0 Å². The molecule has 0 bridgehead atoms. The highest BCUT2D eigenvalue weighted by Gasteiger charge is 2.49. The van der Waals surface area contributed by atoms with Crippen molar-refractivity contribution < 1.29 is 43.1 Å². The van der Waals surface area contributed by atoms with E-state index in [0.717, 1.165) is 11.1 Å². The van der Waals surface area contributed by atoms with Gasteiger partial charge >= 0.3 is 11.9 Å². The zero-order valence-electron chi connectivity index (χ0n) is 19.4. The fraction of sp³-hybridized carbons (Fsp3) is 0.440. The minimum absolute atomic E-state index is 0.143. The Kier molecular flexibility index (Phi) is 9.41. The lowest BCUT2D eigenvalue weighted by Gasteiger charge is -2.43. The third-order valence-electron chi connectivity index (χ3n) is 5.25. The molecule has 0 aliphatic carbocycles. The van der Waals surface area contributed by atoms with Crippen LogP contribution in [0.25, 0.3) is 0 Å². The zero-order chi connectivity index (χ0) is 24.5. The van der Waals surface area contributed by atoms with Crippen LogP contribution in [-0.2, 0) is 46.5 Å². The van der Waals surface area contributed by atoms with Crippen LogP contribution in [0.1, 0.15) is 25.0 Å². The quantitative estimate of drug-likeness (QED) is 0.519. The molecular weight excluding hydrogens is 444 g/mol. The minimum atomic E-state index is -1.41. The van der Waals surface area contributed by atoms with Gasteiger partial charge < -0.3 is 33.5 Å². The van der Waals surface area contributed by atoms with Crippen LogP contribution in [0.4, 0.5) is 0 Å². The number of esters is 2. The maximum Gasteiger partial charge on any atom is 0.303 e. The second kappa shape index (κ2) is 12.5. The summed E-state index contributed by atoms with van der Waals surface area (Å²) in [4.78, 5) is 23.2. The molecule has 184 valence electrons. The standard InChI is InChI=1S/C25H30O9/c1-16(26)30-15-21-22(33-17(2)27)23(31-14-19-9-11-20(29-3)12-10-19)24(25(28)34-21)32-13-18-7-5-4-6-8-18/h4-12,21-25,28H,13-15H2,1-3H3/t21-,22+,23+,24-,25-/m1/s1. The first-order chi connectivity index (χ1) is 16.4. The molecule has 1 saturated heterocycles. The summed E-state index contributed by atoms with van der Waals surface area (Å²) in [6.07, 6.45) is -5.22. The number of ether oxygens (including phenoxy) is 6. The largest absolute Gasteiger partial charge is 0.497 e. The number of aliphatic hydroxyl groups excluding tert-OH is 1. The van der Waals surface area contributed by atoms with Gasteiger partial charge in [0.25, 0.3) is 0 Å². The predicted molar refractivity (Wildman–Crippen MR) is 120 cm³/mol. The number of rotatable bonds is 10. The van der Waals surface area contributed by atoms with Gasteiger partial charge in [-0.2, -0.15) is 0 Å². The second-order valence-electron chi connectivity index (χ2n) is 7.83. The summed E-state index contributed by atoms with van der Waals surface area (Å²) >= 11 is 0. The van der Waals surface area contributed by atoms with E-state index in [1.54, 1.807) is 19.2 Å². The Morgan fingerprint density at radius 1 is 0.853 bits per heavy atom. The first-order valence-electron chi connectivity index (χ1n) is 10.9. The lowest BCUT2D eigenvalue weighted by atomic mass is 9.98. The lowest BCUT2D eigenvalue weighted by molar-refractivity contribution is -0.309. The molecule has 5 atom stereocenters. The van der Waals surface area contributed by atoms with Crippen LogP contribution in [0.5, 0.6) is 5.75 Å². The number of aliphatic hydroxyl groups is 1. The average molecular weight is 475 g/mol. The Hall–Kier alpha value is -2.98. The van der Waals surface area contributed by atoms with E-state index < -0.39 is 42.6 Å². The second-order valence-corrected chi connectivity index (χ2v) is 7.83. The topological polar surface area (TPSA) is 110 Å². The third-order valence-corrected chi connectivity index (χ3v) is 5.25. The highest BCUT2D eigenvalue weighted by molar-refractivity contribution is 5.66. The van der Waals surface area contributed by atoms with E-state index in [1.807, 2.05) is 42.5 Å². The Bertz CT molecular complexity index is 916. The molecule has 0 radical (unpaired) electrons. The first-order valence-corrected chi connectivity index (χ1v) is 10.9. The van der Waals surface area contributed by atoms with Gasteiger partial charge in [-0.1, -0.05) is 42.5 Å². The first kappa shape index (κ1) is 25.6. The third kappa shape index (κ3) is 7.26. The number of hydrogen-bond donors (Lipinski definition) is 1. The van der Waals surface area contributed by atoms with Gasteiger partial charge in [0.15, 0.2) is 12.4 Å². The normalized spacial score (nSPS) is 24.3. The van der Waals surface area contributed by atoms with Crippen molar-refractivity contribution in [3.05, 3.63) is 65.7 Å². The minimum Gasteiger partial charge on any atom is -0.497 e. The van der Waals surface area contributed by atoms with Crippen molar-refractivity contribution in [1.82, 2.24) is 0 Å². The summed E-state index contributed by atoms with van der Waals surface area (Å²) in [5.74, 6) is -0.399. The molecule has 1 aliphatic rings. The van der Waals surface area contributed by atoms with Crippen molar-refractivity contribution in [3.8, 4) is 5.75 Å². The van der Waals surface area contributed by atoms with Crippen LogP contribution >= 0.6 is 0 Å². The molecule has 9 nitrogen and oxygen atoms in total. The van der Waals surface area contributed by atoms with Crippen LogP contribution in [0.3, 0.4) is 0 Å². The molecule has 1 aliphatic heterocycles. The Morgan fingerprint density at radius 3 is 2.06 bits per heavy atom. The van der Waals surface area contributed by atoms with Crippen molar-refractivity contribution in [3.63, 3.8) is 0 Å². The van der Waals surface area contributed by atoms with Gasteiger partial charge in [0, 0.05) is 13.8 Å². The molecular formula is C25H30O9. The molecule has 0 amide bonds. The van der Waals surface area contributed by atoms with Crippen LogP contribution in [0, 0.1) is 0 Å². The molecule has 1 heterocycles. The fourth-order valence-corrected chi connectivity index (χ4v) is 3.61. The van der Waals surface area contributed by atoms with E-state index in [1.165, 1.54) is 13.8 Å². The Labute approximate surface area is 198 Å². The van der Waals surface area contributed by atoms with Crippen LogP contribution in [0.15, 0.2) is 54.6 Å². The number of carbonyl (C=O) groups excluding carboxylic acids is 2. The van der Waals surface area contributed by atoms with E-state index in [2.05, 4.69) is 0 Å². The van der Waals surface area contributed by atoms with Gasteiger partial charge in [-0.3, -0.25) is 9.59 Å². The summed E-state index contributed by atoms with van der Waals surface area (Å²) in [7, 11) is 1.58. The van der Waals surface area contributed by atoms with Crippen molar-refractivity contribution in [2.45, 2.75) is 57.8 Å². The molecule has 2 aromatic rings. The highest BCUT2D eigenvalue weighted by Crippen LogP contribution is 2.29. The summed E-state index contributed by atoms with van der Waals surface area (Å²) in [6.45, 7) is 2.61. The molecule has 2 aromatic carbocycles. The molecule has 9 heteroatoms. The molecule has 0 saturated carbocycles. The predicted octanol–water partition coefficient (Wildman–Crippen LogP) is 2.38. The zero-order valence-corrected chi connectivity index (χ0v) is 19.4. The molecule has 0 unspecified atom stereocenters. The lowest BCUT2D eigenvalue weighted by Crippen LogP contribution is -2.61. The summed E-state index contributed by atoms with van der Waals surface area (Å²) < 4.78 is 33.5. The molecule has 1 N–H and O–H groups in total. The number of methoxy groups -OCH3 is 1. The maximum atomic E-state index is 11.9. The molecule has 1 fully saturated rings. The molecule has 0 spiro atoms. The van der Waals surface area contributed by atoms with Crippen molar-refractivity contribution in [2.75, 3.05) is 13.7 Å². The average Bonchev–Trinajstić information content (AvgIpc) is 2.82. The van der Waals surface area contributed by atoms with Crippen molar-refractivity contribution >= 4 is 11.9 Å². The number of carbonyl (C=O) groups is 2. The number of hydrogen-bond acceptors (Lipinski definition) is 9. The monoisotopic (exact) mass is 474 g/mol. The maximum absolute atomic E-state index is 11.9. The molecule has 3 rings (SSSR count). The van der Waals surface area contributed by atoms with Gasteiger partial charge in [0.1, 0.15) is 30.7 Å². The van der Waals surface area contributed by atoms with E-state index in [4.69, 9.17) is 28.4 Å². The smallest absolute Gasteiger partial charge is 0.303 e. The summed E-state index contributed by atoms with van der Waals surface area (Å²) in [6, 6.07) is 16.7. The van der Waals surface area contributed by atoms with Gasteiger partial charge in [-0.15, -0.1) is 0 Å². The van der Waals surface area contributed by atoms with Crippen LogP contribution in [0.2, 0.25) is 0 Å². The van der Waals surface area contributed by atoms with Gasteiger partial charge in [0.2, 0.25) is 0 Å². The van der Waals surface area contributed by atoms with Crippen LogP contribution < -0.4 is 4.74 Å². The Balaban J connectivity index is 1.82.